The average molecular weight is 387 g/mol. The molecule has 7 nitrogen and oxygen atoms in total. The number of rotatable bonds is 3. The number of nitrogens with one attached hydrogen (secondary N) is 1. The van der Waals surface area contributed by atoms with Crippen LogP contribution in [0, 0.1) is 0 Å². The molecule has 0 aliphatic carbocycles. The maximum atomic E-state index is 13.0. The molecule has 1 aromatic heterocycles. The third kappa shape index (κ3) is 3.90. The van der Waals surface area contributed by atoms with E-state index >= 15 is 0 Å². The molecule has 1 N–H and O–H groups in total. The highest BCUT2D eigenvalue weighted by molar-refractivity contribution is 7.92. The molecule has 0 bridgehead atoms. The van der Waals surface area contributed by atoms with Crippen LogP contribution in [0.3, 0.4) is 0 Å². The number of aromatic nitrogens is 1. The quantitative estimate of drug-likeness (QED) is 0.870. The molecule has 1 aromatic carbocycles. The number of ether oxygens (including phenoxy) is 1. The molecule has 0 saturated carbocycles. The average Bonchev–Trinajstić information content (AvgIpc) is 2.65. The number of aryl methyl sites for hydroxylation is 1. The largest absolute Gasteiger partial charge is 0.493 e. The van der Waals surface area contributed by atoms with Gasteiger partial charge in [-0.1, -0.05) is 0 Å². The molecule has 142 valence electrons. The molecule has 2 aliphatic rings. The van der Waals surface area contributed by atoms with Crippen molar-refractivity contribution in [1.82, 2.24) is 9.88 Å². The monoisotopic (exact) mass is 387 g/mol. The van der Waals surface area contributed by atoms with Crippen molar-refractivity contribution in [3.8, 4) is 5.75 Å². The van der Waals surface area contributed by atoms with E-state index in [2.05, 4.69) is 9.71 Å². The van der Waals surface area contributed by atoms with E-state index in [0.29, 0.717) is 30.8 Å². The Morgan fingerprint density at radius 1 is 1.22 bits per heavy atom. The van der Waals surface area contributed by atoms with Crippen LogP contribution >= 0.6 is 0 Å². The molecule has 2 aliphatic heterocycles. The molecule has 27 heavy (non-hydrogen) atoms. The number of nitrogens with zero attached hydrogens (tertiary/aromatic N) is 2. The first-order valence-corrected chi connectivity index (χ1v) is 10.8. The van der Waals surface area contributed by atoms with Crippen molar-refractivity contribution in [3.05, 3.63) is 52.8 Å². The number of sulfonamides is 1. The van der Waals surface area contributed by atoms with E-state index in [1.807, 2.05) is 18.2 Å². The number of hydrogen-bond donors (Lipinski definition) is 1. The van der Waals surface area contributed by atoms with Gasteiger partial charge in [0, 0.05) is 30.8 Å². The summed E-state index contributed by atoms with van der Waals surface area (Å²) in [5.74, 6) is 0.831. The molecule has 4 rings (SSSR count). The van der Waals surface area contributed by atoms with E-state index in [1.54, 1.807) is 11.0 Å². The number of pyridine rings is 1. The third-order valence-electron chi connectivity index (χ3n) is 4.79. The second-order valence-electron chi connectivity index (χ2n) is 6.96. The fraction of sp³-hybridized carbons (Fsp3) is 0.368. The predicted octanol–water partition coefficient (Wildman–Crippen LogP) is 1.98. The first-order chi connectivity index (χ1) is 12.9. The Bertz CT molecular complexity index is 1000. The van der Waals surface area contributed by atoms with Crippen LogP contribution in [-0.4, -0.2) is 43.6 Å². The van der Waals surface area contributed by atoms with Crippen molar-refractivity contribution in [1.29, 1.82) is 0 Å². The van der Waals surface area contributed by atoms with Crippen LogP contribution in [0.5, 0.6) is 5.75 Å². The smallest absolute Gasteiger partial charge is 0.254 e. The number of amides is 1. The van der Waals surface area contributed by atoms with Crippen molar-refractivity contribution in [2.24, 2.45) is 0 Å². The fourth-order valence-electron chi connectivity index (χ4n) is 3.55. The van der Waals surface area contributed by atoms with Gasteiger partial charge in [-0.2, -0.15) is 0 Å². The van der Waals surface area contributed by atoms with E-state index < -0.39 is 10.0 Å². The van der Waals surface area contributed by atoms with E-state index in [1.165, 1.54) is 6.20 Å². The zero-order valence-corrected chi connectivity index (χ0v) is 15.9. The summed E-state index contributed by atoms with van der Waals surface area (Å²) in [5.41, 5.74) is 3.91. The SMILES string of the molecule is CS(=O)(=O)Nc1cnc2c(c1)CN(C(=O)c1ccc3c(c1)CCCO3)CC2. The summed E-state index contributed by atoms with van der Waals surface area (Å²) in [5, 5.41) is 0. The Morgan fingerprint density at radius 3 is 2.89 bits per heavy atom. The Labute approximate surface area is 158 Å². The second kappa shape index (κ2) is 6.84. The Morgan fingerprint density at radius 2 is 2.07 bits per heavy atom. The van der Waals surface area contributed by atoms with Gasteiger partial charge in [-0.15, -0.1) is 0 Å². The van der Waals surface area contributed by atoms with Crippen molar-refractivity contribution in [2.45, 2.75) is 25.8 Å². The molecule has 0 fully saturated rings. The zero-order valence-electron chi connectivity index (χ0n) is 15.1. The lowest BCUT2D eigenvalue weighted by Gasteiger charge is -2.29. The van der Waals surface area contributed by atoms with Gasteiger partial charge in [0.2, 0.25) is 10.0 Å². The van der Waals surface area contributed by atoms with Crippen LogP contribution in [0.2, 0.25) is 0 Å². The number of carbonyl (C=O) groups excluding carboxylic acids is 1. The van der Waals surface area contributed by atoms with Crippen LogP contribution in [0.4, 0.5) is 5.69 Å². The number of fused-ring (bicyclic) bond motifs is 2. The summed E-state index contributed by atoms with van der Waals surface area (Å²) < 4.78 is 30.9. The zero-order chi connectivity index (χ0) is 19.0. The Kier molecular flexibility index (Phi) is 4.51. The minimum absolute atomic E-state index is 0.0319. The number of hydrogen-bond acceptors (Lipinski definition) is 5. The summed E-state index contributed by atoms with van der Waals surface area (Å²) in [6, 6.07) is 7.35. The highest BCUT2D eigenvalue weighted by Crippen LogP contribution is 2.27. The maximum Gasteiger partial charge on any atom is 0.254 e. The van der Waals surface area contributed by atoms with Gasteiger partial charge in [-0.3, -0.25) is 14.5 Å². The van der Waals surface area contributed by atoms with E-state index in [-0.39, 0.29) is 5.91 Å². The van der Waals surface area contributed by atoms with Gasteiger partial charge < -0.3 is 9.64 Å². The lowest BCUT2D eigenvalue weighted by molar-refractivity contribution is 0.0733. The summed E-state index contributed by atoms with van der Waals surface area (Å²) in [6.07, 6.45) is 5.14. The second-order valence-corrected chi connectivity index (χ2v) is 8.70. The summed E-state index contributed by atoms with van der Waals surface area (Å²) in [4.78, 5) is 19.1. The van der Waals surface area contributed by atoms with Crippen LogP contribution in [0.15, 0.2) is 30.5 Å². The van der Waals surface area contributed by atoms with Gasteiger partial charge in [0.25, 0.3) is 5.91 Å². The van der Waals surface area contributed by atoms with Crippen molar-refractivity contribution in [3.63, 3.8) is 0 Å². The van der Waals surface area contributed by atoms with Gasteiger partial charge in [0.05, 0.1) is 24.7 Å². The first kappa shape index (κ1) is 17.8. The van der Waals surface area contributed by atoms with Gasteiger partial charge in [-0.25, -0.2) is 8.42 Å². The molecule has 0 saturated heterocycles. The highest BCUT2D eigenvalue weighted by atomic mass is 32.2. The van der Waals surface area contributed by atoms with Crippen molar-refractivity contribution in [2.75, 3.05) is 24.1 Å². The van der Waals surface area contributed by atoms with E-state index in [0.717, 1.165) is 48.3 Å². The first-order valence-electron chi connectivity index (χ1n) is 8.90. The number of benzene rings is 1. The Balaban J connectivity index is 1.55. The Hall–Kier alpha value is -2.61. The lowest BCUT2D eigenvalue weighted by atomic mass is 10.0. The van der Waals surface area contributed by atoms with Gasteiger partial charge in [0.15, 0.2) is 0 Å². The molecule has 0 unspecified atom stereocenters. The van der Waals surface area contributed by atoms with Crippen LogP contribution < -0.4 is 9.46 Å². The van der Waals surface area contributed by atoms with E-state index in [9.17, 15) is 13.2 Å². The molecule has 3 heterocycles. The maximum absolute atomic E-state index is 13.0. The topological polar surface area (TPSA) is 88.6 Å². The molecule has 0 spiro atoms. The number of anilines is 1. The summed E-state index contributed by atoms with van der Waals surface area (Å²) in [6.45, 7) is 1.72. The standard InChI is InChI=1S/C19H21N3O4S/c1-27(24,25)21-16-10-15-12-22(7-6-17(15)20-11-16)19(23)14-4-5-18-13(9-14)3-2-8-26-18/h4-5,9-11,21H,2-3,6-8,12H2,1H3. The fourth-order valence-corrected chi connectivity index (χ4v) is 4.09. The molecule has 0 atom stereocenters. The number of carbonyl (C=O) groups is 1. The van der Waals surface area contributed by atoms with Gasteiger partial charge >= 0.3 is 0 Å². The summed E-state index contributed by atoms with van der Waals surface area (Å²) in [7, 11) is -3.37. The van der Waals surface area contributed by atoms with Crippen molar-refractivity contribution >= 4 is 21.6 Å². The minimum atomic E-state index is -3.37. The van der Waals surface area contributed by atoms with E-state index in [4.69, 9.17) is 4.74 Å². The van der Waals surface area contributed by atoms with Crippen LogP contribution in [-0.2, 0) is 29.4 Å². The third-order valence-corrected chi connectivity index (χ3v) is 5.39. The molecule has 0 radical (unpaired) electrons. The molecule has 2 aromatic rings. The van der Waals surface area contributed by atoms with Gasteiger partial charge in [-0.05, 0) is 48.2 Å². The lowest BCUT2D eigenvalue weighted by Crippen LogP contribution is -2.36. The van der Waals surface area contributed by atoms with Crippen LogP contribution in [0.1, 0.15) is 33.6 Å². The minimum Gasteiger partial charge on any atom is -0.493 e. The molecular formula is C19H21N3O4S. The summed E-state index contributed by atoms with van der Waals surface area (Å²) >= 11 is 0. The van der Waals surface area contributed by atoms with Crippen molar-refractivity contribution < 1.29 is 17.9 Å². The van der Waals surface area contributed by atoms with Crippen LogP contribution in [0.25, 0.3) is 0 Å². The normalized spacial score (nSPS) is 16.1. The predicted molar refractivity (Wildman–Crippen MR) is 101 cm³/mol. The molecule has 8 heteroatoms. The highest BCUT2D eigenvalue weighted by Gasteiger charge is 2.24. The van der Waals surface area contributed by atoms with Gasteiger partial charge in [0.1, 0.15) is 5.75 Å². The molecule has 1 amide bonds. The molecular weight excluding hydrogens is 366 g/mol.